The number of nitrogens with zero attached hydrogens (tertiary/aromatic N) is 4. The van der Waals surface area contributed by atoms with Crippen LogP contribution < -0.4 is 20.8 Å². The van der Waals surface area contributed by atoms with E-state index >= 15 is 0 Å². The number of allylic oxidation sites excluding steroid dienone is 1. The van der Waals surface area contributed by atoms with E-state index in [1.54, 1.807) is 26.5 Å². The van der Waals surface area contributed by atoms with Crippen molar-refractivity contribution < 1.29 is 9.47 Å². The SMILES string of the molecule is COc1ccc(Cc2nn3c(N)c(/C=C4/C=Nc5ccccc54)c(=O)nc3s2)cc1OC. The van der Waals surface area contributed by atoms with Gasteiger partial charge in [-0.05, 0) is 29.8 Å². The zero-order valence-corrected chi connectivity index (χ0v) is 18.2. The van der Waals surface area contributed by atoms with Crippen molar-refractivity contribution in [1.29, 1.82) is 0 Å². The second-order valence-corrected chi connectivity index (χ2v) is 8.19. The molecule has 0 saturated heterocycles. The fourth-order valence-corrected chi connectivity index (χ4v) is 4.53. The molecule has 8 nitrogen and oxygen atoms in total. The number of anilines is 1. The van der Waals surface area contributed by atoms with Gasteiger partial charge in [-0.1, -0.05) is 35.6 Å². The van der Waals surface area contributed by atoms with Crippen molar-refractivity contribution in [3.05, 3.63) is 74.5 Å². The first-order valence-electron chi connectivity index (χ1n) is 9.81. The Balaban J connectivity index is 1.52. The van der Waals surface area contributed by atoms with Crippen molar-refractivity contribution in [2.75, 3.05) is 20.0 Å². The lowest BCUT2D eigenvalue weighted by Crippen LogP contribution is -2.16. The molecule has 9 heteroatoms. The van der Waals surface area contributed by atoms with Crippen molar-refractivity contribution in [2.45, 2.75) is 6.42 Å². The standard InChI is InChI=1S/C23H19N5O3S/c1-30-18-8-7-13(9-19(18)31-2)10-20-27-28-21(24)16(22(29)26-23(28)32-20)11-14-12-25-17-6-4-3-5-15(14)17/h3-9,11-12H,10,24H2,1-2H3/b14-11-. The van der Waals surface area contributed by atoms with E-state index in [1.807, 2.05) is 42.5 Å². The minimum Gasteiger partial charge on any atom is -0.493 e. The van der Waals surface area contributed by atoms with Gasteiger partial charge in [0, 0.05) is 23.8 Å². The molecule has 0 atom stereocenters. The molecule has 0 amide bonds. The minimum absolute atomic E-state index is 0.250. The summed E-state index contributed by atoms with van der Waals surface area (Å²) in [4.78, 5) is 21.8. The Morgan fingerprint density at radius 1 is 1.12 bits per heavy atom. The molecule has 0 bridgehead atoms. The van der Waals surface area contributed by atoms with E-state index in [-0.39, 0.29) is 5.82 Å². The lowest BCUT2D eigenvalue weighted by Gasteiger charge is -2.08. The van der Waals surface area contributed by atoms with Gasteiger partial charge in [0.15, 0.2) is 11.5 Å². The maximum Gasteiger partial charge on any atom is 0.283 e. The smallest absolute Gasteiger partial charge is 0.283 e. The third-order valence-corrected chi connectivity index (χ3v) is 6.10. The van der Waals surface area contributed by atoms with Crippen LogP contribution in [0, 0.1) is 0 Å². The maximum atomic E-state index is 12.7. The minimum atomic E-state index is -0.394. The fourth-order valence-electron chi connectivity index (χ4n) is 3.60. The number of benzene rings is 2. The van der Waals surface area contributed by atoms with Gasteiger partial charge in [0.1, 0.15) is 10.8 Å². The Bertz CT molecular complexity index is 1470. The first-order valence-corrected chi connectivity index (χ1v) is 10.6. The average molecular weight is 446 g/mol. The highest BCUT2D eigenvalue weighted by Crippen LogP contribution is 2.33. The van der Waals surface area contributed by atoms with Crippen molar-refractivity contribution in [1.82, 2.24) is 14.6 Å². The van der Waals surface area contributed by atoms with Gasteiger partial charge in [0.05, 0.1) is 25.5 Å². The van der Waals surface area contributed by atoms with Crippen molar-refractivity contribution >= 4 is 45.7 Å². The summed E-state index contributed by atoms with van der Waals surface area (Å²) in [6, 6.07) is 13.4. The maximum absolute atomic E-state index is 12.7. The molecule has 5 rings (SSSR count). The molecule has 0 saturated carbocycles. The molecule has 0 fully saturated rings. The van der Waals surface area contributed by atoms with Crippen LogP contribution in [-0.4, -0.2) is 35.0 Å². The third-order valence-electron chi connectivity index (χ3n) is 5.19. The molecular formula is C23H19N5O3S. The highest BCUT2D eigenvalue weighted by Gasteiger charge is 2.17. The molecule has 2 N–H and O–H groups in total. The molecule has 0 aliphatic carbocycles. The predicted octanol–water partition coefficient (Wildman–Crippen LogP) is 3.60. The molecule has 2 aromatic heterocycles. The number of para-hydroxylation sites is 1. The number of methoxy groups -OCH3 is 2. The van der Waals surface area contributed by atoms with Gasteiger partial charge in [-0.25, -0.2) is 0 Å². The number of hydrogen-bond acceptors (Lipinski definition) is 8. The van der Waals surface area contributed by atoms with Gasteiger partial charge < -0.3 is 15.2 Å². The monoisotopic (exact) mass is 445 g/mol. The van der Waals surface area contributed by atoms with Crippen LogP contribution in [0.2, 0.25) is 0 Å². The predicted molar refractivity (Wildman–Crippen MR) is 126 cm³/mol. The van der Waals surface area contributed by atoms with E-state index in [0.717, 1.165) is 27.4 Å². The van der Waals surface area contributed by atoms with Crippen LogP contribution in [0.4, 0.5) is 11.5 Å². The highest BCUT2D eigenvalue weighted by molar-refractivity contribution is 7.16. The summed E-state index contributed by atoms with van der Waals surface area (Å²) in [5.74, 6) is 1.55. The number of aliphatic imine (C=N–C) groups is 1. The molecule has 160 valence electrons. The Morgan fingerprint density at radius 2 is 1.94 bits per heavy atom. The first-order chi connectivity index (χ1) is 15.6. The van der Waals surface area contributed by atoms with E-state index in [2.05, 4.69) is 15.1 Å². The zero-order chi connectivity index (χ0) is 22.2. The summed E-state index contributed by atoms with van der Waals surface area (Å²) < 4.78 is 12.2. The van der Waals surface area contributed by atoms with Crippen LogP contribution in [0.15, 0.2) is 52.3 Å². The zero-order valence-electron chi connectivity index (χ0n) is 17.4. The highest BCUT2D eigenvalue weighted by atomic mass is 32.1. The lowest BCUT2D eigenvalue weighted by atomic mass is 10.1. The van der Waals surface area contributed by atoms with E-state index in [0.29, 0.717) is 28.4 Å². The quantitative estimate of drug-likeness (QED) is 0.503. The Hall–Kier alpha value is -3.98. The summed E-state index contributed by atoms with van der Waals surface area (Å²) in [6.07, 6.45) is 3.99. The normalized spacial score (nSPS) is 13.6. The van der Waals surface area contributed by atoms with Crippen LogP contribution in [0.3, 0.4) is 0 Å². The summed E-state index contributed by atoms with van der Waals surface area (Å²) >= 11 is 1.33. The van der Waals surface area contributed by atoms with E-state index in [9.17, 15) is 4.79 Å². The molecular weight excluding hydrogens is 426 g/mol. The van der Waals surface area contributed by atoms with Crippen molar-refractivity contribution in [2.24, 2.45) is 4.99 Å². The first kappa shape index (κ1) is 20.0. The Labute approximate surface area is 187 Å². The van der Waals surface area contributed by atoms with Gasteiger partial charge in [0.2, 0.25) is 4.96 Å². The van der Waals surface area contributed by atoms with Gasteiger partial charge >= 0.3 is 0 Å². The van der Waals surface area contributed by atoms with Crippen LogP contribution in [0.1, 0.15) is 21.7 Å². The van der Waals surface area contributed by atoms with Crippen molar-refractivity contribution in [3.8, 4) is 11.5 Å². The van der Waals surface area contributed by atoms with Gasteiger partial charge in [-0.3, -0.25) is 9.79 Å². The fraction of sp³-hybridized carbons (Fsp3) is 0.130. The Kier molecular flexibility index (Phi) is 4.95. The van der Waals surface area contributed by atoms with Crippen LogP contribution in [-0.2, 0) is 6.42 Å². The Morgan fingerprint density at radius 3 is 2.75 bits per heavy atom. The molecule has 3 heterocycles. The van der Waals surface area contributed by atoms with Gasteiger partial charge in [0.25, 0.3) is 5.56 Å². The number of aromatic nitrogens is 3. The number of nitrogen functional groups attached to an aromatic ring is 1. The lowest BCUT2D eigenvalue weighted by molar-refractivity contribution is 0.354. The second-order valence-electron chi connectivity index (χ2n) is 7.15. The van der Waals surface area contributed by atoms with Crippen molar-refractivity contribution in [3.63, 3.8) is 0 Å². The average Bonchev–Trinajstić information content (AvgIpc) is 3.40. The summed E-state index contributed by atoms with van der Waals surface area (Å²) in [6.45, 7) is 0. The topological polar surface area (TPSA) is 104 Å². The van der Waals surface area contributed by atoms with E-state index in [4.69, 9.17) is 15.2 Å². The van der Waals surface area contributed by atoms with Crippen LogP contribution in [0.25, 0.3) is 16.6 Å². The molecule has 2 aromatic carbocycles. The molecule has 0 spiro atoms. The van der Waals surface area contributed by atoms with E-state index in [1.165, 1.54) is 15.9 Å². The molecule has 0 unspecified atom stereocenters. The summed E-state index contributed by atoms with van der Waals surface area (Å²) in [5, 5.41) is 5.37. The van der Waals surface area contributed by atoms with Crippen LogP contribution in [0.5, 0.6) is 11.5 Å². The number of nitrogens with two attached hydrogens (primary N) is 1. The summed E-state index contributed by atoms with van der Waals surface area (Å²) in [7, 11) is 3.19. The largest absolute Gasteiger partial charge is 0.493 e. The molecule has 1 aliphatic heterocycles. The second kappa shape index (κ2) is 7.93. The molecule has 32 heavy (non-hydrogen) atoms. The number of rotatable bonds is 5. The van der Waals surface area contributed by atoms with Crippen LogP contribution >= 0.6 is 11.3 Å². The van der Waals surface area contributed by atoms with E-state index < -0.39 is 5.56 Å². The molecule has 0 radical (unpaired) electrons. The number of hydrogen-bond donors (Lipinski definition) is 1. The summed E-state index contributed by atoms with van der Waals surface area (Å²) in [5.41, 5.74) is 9.86. The number of fused-ring (bicyclic) bond motifs is 2. The number of ether oxygens (including phenoxy) is 2. The van der Waals surface area contributed by atoms with Gasteiger partial charge in [-0.2, -0.15) is 14.6 Å². The molecule has 4 aromatic rings. The van der Waals surface area contributed by atoms with Gasteiger partial charge in [-0.15, -0.1) is 0 Å². The molecule has 1 aliphatic rings. The third kappa shape index (κ3) is 3.42.